The molecule has 0 radical (unpaired) electrons. The highest BCUT2D eigenvalue weighted by Gasteiger charge is 1.91. The largest absolute Gasteiger partial charge is 0.0990 e. The summed E-state index contributed by atoms with van der Waals surface area (Å²) in [6, 6.07) is 0. The molecule has 0 amide bonds. The van der Waals surface area contributed by atoms with Crippen molar-refractivity contribution in [1.82, 2.24) is 0 Å². The lowest BCUT2D eigenvalue weighted by Crippen LogP contribution is -1.80. The van der Waals surface area contributed by atoms with Crippen LogP contribution >= 0.6 is 0 Å². The molecule has 0 saturated heterocycles. The van der Waals surface area contributed by atoms with Crippen molar-refractivity contribution in [2.45, 2.75) is 41.0 Å². The Morgan fingerprint density at radius 3 is 1.71 bits per heavy atom. The van der Waals surface area contributed by atoms with E-state index in [1.54, 1.807) is 12.2 Å². The van der Waals surface area contributed by atoms with E-state index in [0.29, 0.717) is 0 Å². The van der Waals surface area contributed by atoms with Crippen LogP contribution in [0.15, 0.2) is 49.1 Å². The Balaban J connectivity index is -0.000000266. The first-order valence-electron chi connectivity index (χ1n) is 5.39. The van der Waals surface area contributed by atoms with Gasteiger partial charge in [-0.3, -0.25) is 0 Å². The summed E-state index contributed by atoms with van der Waals surface area (Å²) in [6.07, 6.45) is 6.43. The topological polar surface area (TPSA) is 0 Å². The Labute approximate surface area is 90.7 Å². The van der Waals surface area contributed by atoms with Gasteiger partial charge in [-0.2, -0.15) is 0 Å². The molecular weight excluding hydrogens is 168 g/mol. The van der Waals surface area contributed by atoms with Gasteiger partial charge in [0.15, 0.2) is 0 Å². The predicted octanol–water partition coefficient (Wildman–Crippen LogP) is 5.30. The molecule has 0 nitrogen and oxygen atoms in total. The van der Waals surface area contributed by atoms with Crippen molar-refractivity contribution in [3.8, 4) is 0 Å². The molecule has 0 unspecified atom stereocenters. The second-order valence-electron chi connectivity index (χ2n) is 2.02. The van der Waals surface area contributed by atoms with Gasteiger partial charge in [0.25, 0.3) is 0 Å². The van der Waals surface area contributed by atoms with Crippen LogP contribution in [0.5, 0.6) is 0 Å². The third-order valence-electron chi connectivity index (χ3n) is 1.35. The highest BCUT2D eigenvalue weighted by molar-refractivity contribution is 5.38. The summed E-state index contributed by atoms with van der Waals surface area (Å²) in [5.41, 5.74) is 2.19. The molecule has 0 bridgehead atoms. The highest BCUT2D eigenvalue weighted by atomic mass is 14.0. The van der Waals surface area contributed by atoms with Crippen LogP contribution in [-0.4, -0.2) is 0 Å². The normalized spacial score (nSPS) is 8.50. The number of allylic oxidation sites excluding steroid dienone is 5. The van der Waals surface area contributed by atoms with E-state index in [1.807, 2.05) is 33.8 Å². The van der Waals surface area contributed by atoms with Gasteiger partial charge in [0.05, 0.1) is 0 Å². The monoisotopic (exact) mass is 194 g/mol. The lowest BCUT2D eigenvalue weighted by atomic mass is 10.1. The van der Waals surface area contributed by atoms with E-state index in [9.17, 15) is 0 Å². The molecule has 0 aromatic rings. The molecule has 14 heavy (non-hydrogen) atoms. The zero-order valence-electron chi connectivity index (χ0n) is 10.6. The molecule has 0 aromatic carbocycles. The van der Waals surface area contributed by atoms with E-state index in [0.717, 1.165) is 17.6 Å². The van der Waals surface area contributed by atoms with Crippen LogP contribution in [0.3, 0.4) is 0 Å². The Hall–Kier alpha value is -1.04. The van der Waals surface area contributed by atoms with Crippen molar-refractivity contribution in [2.24, 2.45) is 0 Å². The summed E-state index contributed by atoms with van der Waals surface area (Å²) in [4.78, 5) is 0. The Bertz CT molecular complexity index is 170. The van der Waals surface area contributed by atoms with Crippen LogP contribution in [0.4, 0.5) is 0 Å². The van der Waals surface area contributed by atoms with Crippen LogP contribution in [0.1, 0.15) is 41.0 Å². The number of rotatable bonds is 4. The van der Waals surface area contributed by atoms with Crippen molar-refractivity contribution >= 4 is 0 Å². The van der Waals surface area contributed by atoms with Crippen LogP contribution in [0, 0.1) is 0 Å². The molecule has 0 heteroatoms. The Morgan fingerprint density at radius 2 is 1.50 bits per heavy atom. The third kappa shape index (κ3) is 11.0. The molecule has 0 heterocycles. The second kappa shape index (κ2) is 17.9. The predicted molar refractivity (Wildman–Crippen MR) is 70.6 cm³/mol. The van der Waals surface area contributed by atoms with Crippen molar-refractivity contribution in [3.05, 3.63) is 49.1 Å². The maximum Gasteiger partial charge on any atom is -0.0237 e. The lowest BCUT2D eigenvalue weighted by Gasteiger charge is -2.00. The fourth-order valence-electron chi connectivity index (χ4n) is 0.661. The first-order valence-corrected chi connectivity index (χ1v) is 5.39. The summed E-state index contributed by atoms with van der Waals surface area (Å²) in [5.74, 6) is 0. The fraction of sp³-hybridized carbons (Fsp3) is 0.429. The summed E-state index contributed by atoms with van der Waals surface area (Å²) in [7, 11) is 0. The number of hydrogen-bond acceptors (Lipinski definition) is 0. The van der Waals surface area contributed by atoms with E-state index in [1.165, 1.54) is 0 Å². The molecule has 0 N–H and O–H groups in total. The minimum absolute atomic E-state index is 0.964. The first kappa shape index (κ1) is 18.7. The van der Waals surface area contributed by atoms with Gasteiger partial charge in [-0.15, -0.1) is 0 Å². The van der Waals surface area contributed by atoms with Crippen molar-refractivity contribution < 1.29 is 0 Å². The van der Waals surface area contributed by atoms with Gasteiger partial charge in [0, 0.05) is 0 Å². The molecule has 0 aliphatic heterocycles. The van der Waals surface area contributed by atoms with Gasteiger partial charge < -0.3 is 0 Å². The van der Waals surface area contributed by atoms with Crippen LogP contribution in [-0.2, 0) is 0 Å². The minimum atomic E-state index is 0.964. The molecule has 0 aromatic heterocycles. The standard InChI is InChI=1S/C10H14.2C2H6/c1-5-8-10(7-3)9(4)6-2;2*1-2/h5,7-8H,1,3-4,6H2,2H3;2*1-2H3/b10-8+;;. The molecular formula is C14H26. The van der Waals surface area contributed by atoms with E-state index in [2.05, 4.69) is 26.7 Å². The van der Waals surface area contributed by atoms with Gasteiger partial charge in [-0.05, 0) is 17.6 Å². The molecule has 0 spiro atoms. The summed E-state index contributed by atoms with van der Waals surface area (Å²) in [6.45, 7) is 21.2. The Morgan fingerprint density at radius 1 is 1.07 bits per heavy atom. The molecule has 0 atom stereocenters. The van der Waals surface area contributed by atoms with Crippen LogP contribution in [0.2, 0.25) is 0 Å². The number of hydrogen-bond donors (Lipinski definition) is 0. The van der Waals surface area contributed by atoms with Crippen LogP contribution < -0.4 is 0 Å². The van der Waals surface area contributed by atoms with Gasteiger partial charge in [-0.1, -0.05) is 72.6 Å². The van der Waals surface area contributed by atoms with E-state index in [4.69, 9.17) is 0 Å². The zero-order chi connectivity index (χ0) is 12.0. The molecule has 0 saturated carbocycles. The van der Waals surface area contributed by atoms with Crippen molar-refractivity contribution in [1.29, 1.82) is 0 Å². The van der Waals surface area contributed by atoms with Gasteiger partial charge >= 0.3 is 0 Å². The SMILES string of the molecule is C=C/C=C(\C=C)C(=C)CC.CC.CC. The third-order valence-corrected chi connectivity index (χ3v) is 1.35. The van der Waals surface area contributed by atoms with Gasteiger partial charge in [-0.25, -0.2) is 0 Å². The van der Waals surface area contributed by atoms with Gasteiger partial charge in [0.2, 0.25) is 0 Å². The van der Waals surface area contributed by atoms with Gasteiger partial charge in [0.1, 0.15) is 0 Å². The summed E-state index contributed by atoms with van der Waals surface area (Å²) < 4.78 is 0. The van der Waals surface area contributed by atoms with Crippen molar-refractivity contribution in [3.63, 3.8) is 0 Å². The van der Waals surface area contributed by atoms with E-state index < -0.39 is 0 Å². The second-order valence-corrected chi connectivity index (χ2v) is 2.02. The van der Waals surface area contributed by atoms with E-state index in [-0.39, 0.29) is 0 Å². The maximum atomic E-state index is 3.88. The molecule has 0 rings (SSSR count). The average molecular weight is 194 g/mol. The summed E-state index contributed by atoms with van der Waals surface area (Å²) in [5, 5.41) is 0. The maximum absolute atomic E-state index is 3.88. The molecule has 0 fully saturated rings. The quantitative estimate of drug-likeness (QED) is 0.532. The average Bonchev–Trinajstić information content (AvgIpc) is 2.30. The molecule has 0 aliphatic carbocycles. The minimum Gasteiger partial charge on any atom is -0.0990 e. The zero-order valence-corrected chi connectivity index (χ0v) is 10.6. The molecule has 0 aliphatic rings. The first-order chi connectivity index (χ1) is 6.76. The molecule has 82 valence electrons. The smallest absolute Gasteiger partial charge is 0.0237 e. The Kier molecular flexibility index (Phi) is 23.9. The van der Waals surface area contributed by atoms with E-state index >= 15 is 0 Å². The van der Waals surface area contributed by atoms with Crippen molar-refractivity contribution in [2.75, 3.05) is 0 Å². The fourth-order valence-corrected chi connectivity index (χ4v) is 0.661. The highest BCUT2D eigenvalue weighted by Crippen LogP contribution is 2.11. The summed E-state index contributed by atoms with van der Waals surface area (Å²) >= 11 is 0. The lowest BCUT2D eigenvalue weighted by molar-refractivity contribution is 1.13. The van der Waals surface area contributed by atoms with Crippen LogP contribution in [0.25, 0.3) is 0 Å².